The maximum atomic E-state index is 5.81. The summed E-state index contributed by atoms with van der Waals surface area (Å²) in [5.74, 6) is 0. The molecular formula is C13H17N3OZn. The number of hydrogen-bond donors (Lipinski definition) is 1. The second-order valence-corrected chi connectivity index (χ2v) is 4.63. The Balaban J connectivity index is 0.00000120. The van der Waals surface area contributed by atoms with Gasteiger partial charge in [0.15, 0.2) is 6.23 Å². The van der Waals surface area contributed by atoms with Crippen LogP contribution in [0.25, 0.3) is 10.9 Å². The van der Waals surface area contributed by atoms with Crippen LogP contribution in [-0.2, 0) is 24.2 Å². The summed E-state index contributed by atoms with van der Waals surface area (Å²) >= 11 is 0. The van der Waals surface area contributed by atoms with Crippen LogP contribution in [-0.4, -0.2) is 16.4 Å². The van der Waals surface area contributed by atoms with Crippen LogP contribution in [0.1, 0.15) is 31.2 Å². The Hall–Kier alpha value is -0.927. The SMILES string of the molecule is Cc1nn(C2CCCCO2)c2ccc(N)cc12.[Zn]. The smallest absolute Gasteiger partial charge is 0.150 e. The first kappa shape index (κ1) is 13.5. The van der Waals surface area contributed by atoms with Gasteiger partial charge in [-0.15, -0.1) is 0 Å². The molecule has 0 spiro atoms. The Morgan fingerprint density at radius 2 is 2.22 bits per heavy atom. The number of nitrogens with two attached hydrogens (primary N) is 1. The summed E-state index contributed by atoms with van der Waals surface area (Å²) in [6.07, 6.45) is 3.49. The zero-order valence-corrected chi connectivity index (χ0v) is 13.7. The summed E-state index contributed by atoms with van der Waals surface area (Å²) in [6, 6.07) is 5.93. The average molecular weight is 297 g/mol. The molecule has 2 N–H and O–H groups in total. The normalized spacial score (nSPS) is 19.7. The van der Waals surface area contributed by atoms with Crippen LogP contribution in [0.15, 0.2) is 18.2 Å². The summed E-state index contributed by atoms with van der Waals surface area (Å²) in [7, 11) is 0. The molecule has 1 aromatic carbocycles. The first-order valence-electron chi connectivity index (χ1n) is 6.11. The van der Waals surface area contributed by atoms with Crippen molar-refractivity contribution < 1.29 is 24.2 Å². The largest absolute Gasteiger partial charge is 0.399 e. The van der Waals surface area contributed by atoms with Crippen molar-refractivity contribution in [2.45, 2.75) is 32.4 Å². The third-order valence-electron chi connectivity index (χ3n) is 3.34. The quantitative estimate of drug-likeness (QED) is 0.650. The number of nitrogen functional groups attached to an aromatic ring is 1. The van der Waals surface area contributed by atoms with Gasteiger partial charge in [0.1, 0.15) is 0 Å². The Morgan fingerprint density at radius 1 is 1.39 bits per heavy atom. The van der Waals surface area contributed by atoms with E-state index in [-0.39, 0.29) is 25.7 Å². The van der Waals surface area contributed by atoms with Gasteiger partial charge in [-0.2, -0.15) is 5.10 Å². The minimum absolute atomic E-state index is 0. The molecule has 92 valence electrons. The Bertz CT molecular complexity index is 546. The van der Waals surface area contributed by atoms with Crippen molar-refractivity contribution in [1.29, 1.82) is 0 Å². The van der Waals surface area contributed by atoms with E-state index in [4.69, 9.17) is 10.5 Å². The Kier molecular flexibility index (Phi) is 4.03. The van der Waals surface area contributed by atoms with E-state index in [1.165, 1.54) is 6.42 Å². The third-order valence-corrected chi connectivity index (χ3v) is 3.34. The minimum Gasteiger partial charge on any atom is -0.399 e. The molecule has 3 rings (SSSR count). The van der Waals surface area contributed by atoms with Crippen LogP contribution in [0.4, 0.5) is 5.69 Å². The maximum absolute atomic E-state index is 5.81. The van der Waals surface area contributed by atoms with Gasteiger partial charge >= 0.3 is 0 Å². The van der Waals surface area contributed by atoms with Crippen LogP contribution >= 0.6 is 0 Å². The fourth-order valence-corrected chi connectivity index (χ4v) is 2.45. The second kappa shape index (κ2) is 5.37. The van der Waals surface area contributed by atoms with E-state index in [1.807, 2.05) is 29.8 Å². The number of ether oxygens (including phenoxy) is 1. The molecule has 18 heavy (non-hydrogen) atoms. The van der Waals surface area contributed by atoms with Crippen molar-refractivity contribution in [2.24, 2.45) is 0 Å². The van der Waals surface area contributed by atoms with Gasteiger partial charge in [-0.05, 0) is 44.4 Å². The molecular weight excluding hydrogens is 280 g/mol. The fraction of sp³-hybridized carbons (Fsp3) is 0.462. The molecule has 1 aliphatic heterocycles. The van der Waals surface area contributed by atoms with E-state index >= 15 is 0 Å². The van der Waals surface area contributed by atoms with Crippen molar-refractivity contribution in [2.75, 3.05) is 12.3 Å². The molecule has 2 aromatic rings. The predicted octanol–water partition coefficient (Wildman–Crippen LogP) is 2.62. The number of hydrogen-bond acceptors (Lipinski definition) is 3. The van der Waals surface area contributed by atoms with Crippen LogP contribution in [0, 0.1) is 6.92 Å². The Morgan fingerprint density at radius 3 is 2.94 bits per heavy atom. The van der Waals surface area contributed by atoms with Gasteiger partial charge in [-0.25, -0.2) is 4.68 Å². The molecule has 4 nitrogen and oxygen atoms in total. The van der Waals surface area contributed by atoms with Gasteiger partial charge < -0.3 is 10.5 Å². The van der Waals surface area contributed by atoms with Crippen LogP contribution in [0.2, 0.25) is 0 Å². The maximum Gasteiger partial charge on any atom is 0.150 e. The zero-order chi connectivity index (χ0) is 11.8. The van der Waals surface area contributed by atoms with Crippen molar-refractivity contribution in [1.82, 2.24) is 9.78 Å². The summed E-state index contributed by atoms with van der Waals surface area (Å²) in [5, 5.41) is 5.71. The van der Waals surface area contributed by atoms with Crippen LogP contribution < -0.4 is 5.73 Å². The summed E-state index contributed by atoms with van der Waals surface area (Å²) in [5.41, 5.74) is 8.72. The summed E-state index contributed by atoms with van der Waals surface area (Å²) in [4.78, 5) is 0. The number of nitrogens with zero attached hydrogens (tertiary/aromatic N) is 2. The molecule has 0 amide bonds. The molecule has 5 heteroatoms. The number of aromatic nitrogens is 2. The van der Waals surface area contributed by atoms with Gasteiger partial charge in [0.2, 0.25) is 0 Å². The summed E-state index contributed by atoms with van der Waals surface area (Å²) in [6.45, 7) is 2.85. The van der Waals surface area contributed by atoms with Gasteiger partial charge in [0.25, 0.3) is 0 Å². The number of fused-ring (bicyclic) bond motifs is 1. The van der Waals surface area contributed by atoms with Crippen LogP contribution in [0.5, 0.6) is 0 Å². The average Bonchev–Trinajstić information content (AvgIpc) is 2.68. The topological polar surface area (TPSA) is 53.1 Å². The van der Waals surface area contributed by atoms with Crippen molar-refractivity contribution in [3.63, 3.8) is 0 Å². The number of aryl methyl sites for hydroxylation is 1. The molecule has 1 fully saturated rings. The molecule has 0 bridgehead atoms. The molecule has 0 saturated carbocycles. The van der Waals surface area contributed by atoms with E-state index in [2.05, 4.69) is 5.10 Å². The first-order valence-corrected chi connectivity index (χ1v) is 6.11. The van der Waals surface area contributed by atoms with Gasteiger partial charge in [0, 0.05) is 37.2 Å². The molecule has 0 radical (unpaired) electrons. The minimum atomic E-state index is 0. The standard InChI is InChI=1S/C13H17N3O.Zn/c1-9-11-8-10(14)5-6-12(11)16(15-9)13-4-2-3-7-17-13;/h5-6,8,13H,2-4,7,14H2,1H3;. The van der Waals surface area contributed by atoms with E-state index in [9.17, 15) is 0 Å². The first-order chi connectivity index (χ1) is 8.25. The van der Waals surface area contributed by atoms with E-state index in [1.54, 1.807) is 0 Å². The number of rotatable bonds is 1. The van der Waals surface area contributed by atoms with Crippen LogP contribution in [0.3, 0.4) is 0 Å². The van der Waals surface area contributed by atoms with E-state index in [0.717, 1.165) is 41.7 Å². The molecule has 1 saturated heterocycles. The van der Waals surface area contributed by atoms with Gasteiger partial charge in [-0.1, -0.05) is 0 Å². The zero-order valence-electron chi connectivity index (χ0n) is 10.7. The third kappa shape index (κ3) is 2.29. The van der Waals surface area contributed by atoms with Crippen molar-refractivity contribution >= 4 is 16.6 Å². The molecule has 0 aliphatic carbocycles. The molecule has 1 atom stereocenters. The van der Waals surface area contributed by atoms with Gasteiger partial charge in [-0.3, -0.25) is 0 Å². The molecule has 2 heterocycles. The Labute approximate surface area is 119 Å². The molecule has 1 aromatic heterocycles. The monoisotopic (exact) mass is 295 g/mol. The number of anilines is 1. The second-order valence-electron chi connectivity index (χ2n) is 4.63. The van der Waals surface area contributed by atoms with E-state index in [0.29, 0.717) is 0 Å². The van der Waals surface area contributed by atoms with Gasteiger partial charge in [0.05, 0.1) is 11.2 Å². The molecule has 1 aliphatic rings. The fourth-order valence-electron chi connectivity index (χ4n) is 2.45. The van der Waals surface area contributed by atoms with Crippen molar-refractivity contribution in [3.05, 3.63) is 23.9 Å². The molecule has 1 unspecified atom stereocenters. The van der Waals surface area contributed by atoms with Crippen molar-refractivity contribution in [3.8, 4) is 0 Å². The predicted molar refractivity (Wildman–Crippen MR) is 67.7 cm³/mol. The number of benzene rings is 1. The summed E-state index contributed by atoms with van der Waals surface area (Å²) < 4.78 is 7.79. The van der Waals surface area contributed by atoms with E-state index < -0.39 is 0 Å².